The number of halogens is 3. The van der Waals surface area contributed by atoms with E-state index in [0.29, 0.717) is 6.54 Å². The largest absolute Gasteiger partial charge is 0.409 e. The van der Waals surface area contributed by atoms with E-state index in [1.54, 1.807) is 6.21 Å². The third kappa shape index (κ3) is 2.09. The highest BCUT2D eigenvalue weighted by Crippen LogP contribution is 2.37. The van der Waals surface area contributed by atoms with Gasteiger partial charge in [0.2, 0.25) is 0 Å². The molecule has 0 saturated carbocycles. The zero-order valence-corrected chi connectivity index (χ0v) is 7.50. The molecule has 0 bridgehead atoms. The maximum absolute atomic E-state index is 12.3. The molecule has 1 rings (SSSR count). The van der Waals surface area contributed by atoms with Crippen molar-refractivity contribution < 1.29 is 17.7 Å². The zero-order valence-electron chi connectivity index (χ0n) is 6.69. The van der Waals surface area contributed by atoms with Gasteiger partial charge in [0.15, 0.2) is 5.37 Å². The van der Waals surface area contributed by atoms with Gasteiger partial charge in [-0.2, -0.15) is 24.9 Å². The Labute approximate surface area is 73.6 Å². The second kappa shape index (κ2) is 3.60. The summed E-state index contributed by atoms with van der Waals surface area (Å²) >= 11 is 0.760. The fourth-order valence-electron chi connectivity index (χ4n) is 1.18. The van der Waals surface area contributed by atoms with E-state index in [-0.39, 0.29) is 0 Å². The Bertz CT molecular complexity index is 188. The quantitative estimate of drug-likeness (QED) is 0.485. The van der Waals surface area contributed by atoms with E-state index in [0.717, 1.165) is 24.6 Å². The van der Waals surface area contributed by atoms with Crippen molar-refractivity contribution in [2.45, 2.75) is 19.0 Å². The third-order valence-electron chi connectivity index (χ3n) is 1.65. The summed E-state index contributed by atoms with van der Waals surface area (Å²) in [5.41, 5.74) is 0. The Morgan fingerprint density at radius 1 is 1.50 bits per heavy atom. The van der Waals surface area contributed by atoms with Crippen molar-refractivity contribution in [3.05, 3.63) is 5.37 Å². The number of hydrogen-bond donors (Lipinski definition) is 0. The van der Waals surface area contributed by atoms with Crippen LogP contribution in [0.2, 0.25) is 0 Å². The van der Waals surface area contributed by atoms with Crippen LogP contribution in [0.3, 0.4) is 0 Å². The van der Waals surface area contributed by atoms with E-state index in [1.807, 2.05) is 0 Å². The molecule has 0 radical (unpaired) electrons. The van der Waals surface area contributed by atoms with E-state index in [1.165, 1.54) is 10.8 Å². The van der Waals surface area contributed by atoms with Crippen LogP contribution in [0.25, 0.3) is 0 Å². The summed E-state index contributed by atoms with van der Waals surface area (Å²) in [7, 11) is 0. The lowest BCUT2D eigenvalue weighted by molar-refractivity contribution is -0.514. The summed E-state index contributed by atoms with van der Waals surface area (Å²) in [4.78, 5) is 0. The highest BCUT2D eigenvalue weighted by molar-refractivity contribution is 8.01. The van der Waals surface area contributed by atoms with Crippen LogP contribution in [0.15, 0.2) is 0 Å². The van der Waals surface area contributed by atoms with Crippen molar-refractivity contribution in [1.29, 1.82) is 0 Å². The highest BCUT2D eigenvalue weighted by atomic mass is 32.2. The maximum Gasteiger partial charge on any atom is 0.409 e. The van der Waals surface area contributed by atoms with Gasteiger partial charge < -0.3 is 4.58 Å². The molecule has 0 atom stereocenters. The Balaban J connectivity index is 2.68. The summed E-state index contributed by atoms with van der Waals surface area (Å²) < 4.78 is 38.1. The van der Waals surface area contributed by atoms with Crippen LogP contribution in [-0.4, -0.2) is 29.8 Å². The van der Waals surface area contributed by atoms with Gasteiger partial charge in [-0.3, -0.25) is 0 Å². The van der Waals surface area contributed by atoms with Crippen LogP contribution < -0.4 is 0 Å². The van der Waals surface area contributed by atoms with Gasteiger partial charge in [-0.25, -0.2) is 0 Å². The molecule has 12 heavy (non-hydrogen) atoms. The van der Waals surface area contributed by atoms with E-state index < -0.39 is 11.6 Å². The fourth-order valence-corrected chi connectivity index (χ4v) is 1.81. The minimum atomic E-state index is -4.19. The molecule has 1 aliphatic rings. The summed E-state index contributed by atoms with van der Waals surface area (Å²) in [5.74, 6) is 0. The van der Waals surface area contributed by atoms with Crippen molar-refractivity contribution >= 4 is 18.0 Å². The molecule has 1 aliphatic heterocycles. The molecule has 1 nitrogen and oxygen atoms in total. The van der Waals surface area contributed by atoms with Gasteiger partial charge in [0.25, 0.3) is 0 Å². The molecule has 0 aromatic carbocycles. The minimum absolute atomic E-state index is 0.496. The second-order valence-electron chi connectivity index (χ2n) is 2.53. The standard InChI is InChI=1S/C7H10F3NS/c1-12-6(7(8,9)10)11-4-2-3-5-11/h4H,2-3,5H2,1H3. The molecular weight excluding hydrogens is 187 g/mol. The fraction of sp³-hybridized carbons (Fsp3) is 0.714. The number of rotatable bonds is 2. The average Bonchev–Trinajstić information content (AvgIpc) is 2.38. The van der Waals surface area contributed by atoms with Crippen LogP contribution >= 0.6 is 11.8 Å². The van der Waals surface area contributed by atoms with Gasteiger partial charge in [-0.05, 0) is 19.1 Å². The minimum Gasteiger partial charge on any atom is -0.350 e. The van der Waals surface area contributed by atoms with Crippen molar-refractivity contribution in [3.8, 4) is 0 Å². The van der Waals surface area contributed by atoms with Gasteiger partial charge in [0.1, 0.15) is 6.54 Å². The molecule has 0 aromatic heterocycles. The monoisotopic (exact) mass is 197 g/mol. The first kappa shape index (κ1) is 9.77. The Morgan fingerprint density at radius 2 is 2.17 bits per heavy atom. The van der Waals surface area contributed by atoms with E-state index in [2.05, 4.69) is 0 Å². The highest BCUT2D eigenvalue weighted by Gasteiger charge is 2.40. The molecule has 0 N–H and O–H groups in total. The summed E-state index contributed by atoms with van der Waals surface area (Å²) in [6, 6.07) is 0. The molecule has 70 valence electrons. The van der Waals surface area contributed by atoms with Crippen LogP contribution in [-0.2, 0) is 0 Å². The predicted octanol–water partition coefficient (Wildman–Crippen LogP) is 2.28. The van der Waals surface area contributed by atoms with Crippen LogP contribution in [0.5, 0.6) is 0 Å². The zero-order chi connectivity index (χ0) is 9.19. The first-order valence-electron chi connectivity index (χ1n) is 3.64. The number of nitrogens with zero attached hydrogens (tertiary/aromatic N) is 1. The van der Waals surface area contributed by atoms with Crippen LogP contribution in [0.1, 0.15) is 12.8 Å². The number of thioether (sulfide) groups is 1. The molecule has 0 aromatic rings. The van der Waals surface area contributed by atoms with Gasteiger partial charge in [-0.1, -0.05) is 0 Å². The third-order valence-corrected chi connectivity index (χ3v) is 2.50. The summed E-state index contributed by atoms with van der Waals surface area (Å²) in [6.45, 7) is 0.496. The summed E-state index contributed by atoms with van der Waals surface area (Å²) in [5, 5.41) is -0.500. The molecule has 0 saturated heterocycles. The van der Waals surface area contributed by atoms with Crippen molar-refractivity contribution in [2.24, 2.45) is 0 Å². The molecule has 5 heteroatoms. The van der Waals surface area contributed by atoms with E-state index >= 15 is 0 Å². The van der Waals surface area contributed by atoms with Crippen molar-refractivity contribution in [3.63, 3.8) is 0 Å². The normalized spacial score (nSPS) is 17.8. The van der Waals surface area contributed by atoms with Gasteiger partial charge in [-0.15, -0.1) is 0 Å². The molecule has 0 fully saturated rings. The van der Waals surface area contributed by atoms with E-state index in [4.69, 9.17) is 0 Å². The Morgan fingerprint density at radius 3 is 2.50 bits per heavy atom. The average molecular weight is 197 g/mol. The maximum atomic E-state index is 12.3. The Hall–Kier alpha value is -0.320. The van der Waals surface area contributed by atoms with Crippen LogP contribution in [0.4, 0.5) is 13.2 Å². The lowest BCUT2D eigenvalue weighted by Gasteiger charge is -2.22. The molecule has 0 spiro atoms. The Kier molecular flexibility index (Phi) is 2.93. The molecule has 1 heterocycles. The number of alkyl halides is 3. The van der Waals surface area contributed by atoms with Gasteiger partial charge >= 0.3 is 6.18 Å². The van der Waals surface area contributed by atoms with Crippen LogP contribution in [0, 0.1) is 5.37 Å². The topological polar surface area (TPSA) is 3.01 Å². The number of hydrogen-bond acceptors (Lipinski definition) is 1. The SMILES string of the molecule is CS[C-]([N+]1=CCCC1)C(F)(F)F. The van der Waals surface area contributed by atoms with E-state index in [9.17, 15) is 13.2 Å². The molecule has 0 unspecified atom stereocenters. The van der Waals surface area contributed by atoms with Gasteiger partial charge in [0.05, 0.1) is 0 Å². The lowest BCUT2D eigenvalue weighted by Crippen LogP contribution is -2.28. The first-order valence-corrected chi connectivity index (χ1v) is 4.86. The lowest BCUT2D eigenvalue weighted by atomic mass is 10.4. The van der Waals surface area contributed by atoms with Crippen molar-refractivity contribution in [2.75, 3.05) is 12.8 Å². The van der Waals surface area contributed by atoms with Crippen molar-refractivity contribution in [1.82, 2.24) is 0 Å². The van der Waals surface area contributed by atoms with Gasteiger partial charge in [0, 0.05) is 6.21 Å². The molecule has 0 aliphatic carbocycles. The predicted molar refractivity (Wildman–Crippen MR) is 43.2 cm³/mol. The molecule has 0 amide bonds. The smallest absolute Gasteiger partial charge is 0.350 e. The molecular formula is C7H10F3NS. The second-order valence-corrected chi connectivity index (χ2v) is 3.32. The summed E-state index contributed by atoms with van der Waals surface area (Å²) in [6.07, 6.45) is 0.439. The first-order chi connectivity index (χ1) is 5.55.